The van der Waals surface area contributed by atoms with Gasteiger partial charge in [0.15, 0.2) is 0 Å². The smallest absolute Gasteiger partial charge is 0.416 e. The van der Waals surface area contributed by atoms with Gasteiger partial charge < -0.3 is 10.0 Å². The number of carbonyl (C=O) groups excluding carboxylic acids is 1. The summed E-state index contributed by atoms with van der Waals surface area (Å²) >= 11 is 0. The van der Waals surface area contributed by atoms with Gasteiger partial charge in [0.2, 0.25) is 0 Å². The minimum Gasteiger partial charge on any atom is -0.508 e. The van der Waals surface area contributed by atoms with Crippen molar-refractivity contribution in [3.63, 3.8) is 0 Å². The summed E-state index contributed by atoms with van der Waals surface area (Å²) in [6.07, 6.45) is -4.55. The van der Waals surface area contributed by atoms with E-state index in [1.165, 1.54) is 17.0 Å². The lowest BCUT2D eigenvalue weighted by Crippen LogP contribution is -2.21. The van der Waals surface area contributed by atoms with Gasteiger partial charge in [-0.3, -0.25) is 4.79 Å². The quantitative estimate of drug-likeness (QED) is 0.917. The number of benzene rings is 2. The second-order valence-corrected chi connectivity index (χ2v) is 5.05. The average Bonchev–Trinajstić information content (AvgIpc) is 2.45. The van der Waals surface area contributed by atoms with Crippen molar-refractivity contribution >= 4 is 5.91 Å². The molecule has 0 aliphatic rings. The number of hydrogen-bond acceptors (Lipinski definition) is 2. The van der Waals surface area contributed by atoms with Gasteiger partial charge in [-0.25, -0.2) is 0 Å². The molecule has 0 spiro atoms. The fraction of sp³-hybridized carbons (Fsp3) is 0.188. The highest BCUT2D eigenvalue weighted by atomic mass is 19.4. The molecule has 0 radical (unpaired) electrons. The highest BCUT2D eigenvalue weighted by molar-refractivity contribution is 5.95. The maximum Gasteiger partial charge on any atom is 0.416 e. The van der Waals surface area contributed by atoms with Crippen molar-refractivity contribution in [2.75, 3.05) is 14.1 Å². The topological polar surface area (TPSA) is 40.5 Å². The van der Waals surface area contributed by atoms with Crippen molar-refractivity contribution in [3.8, 4) is 16.9 Å². The summed E-state index contributed by atoms with van der Waals surface area (Å²) in [6, 6.07) is 9.09. The van der Waals surface area contributed by atoms with E-state index >= 15 is 0 Å². The number of phenolic OH excluding ortho intramolecular Hbond substituents is 1. The summed E-state index contributed by atoms with van der Waals surface area (Å²) < 4.78 is 38.4. The van der Waals surface area contributed by atoms with Crippen LogP contribution < -0.4 is 0 Å². The minimum atomic E-state index is -4.55. The van der Waals surface area contributed by atoms with Gasteiger partial charge in [0.1, 0.15) is 5.75 Å². The van der Waals surface area contributed by atoms with Crippen LogP contribution in [0.3, 0.4) is 0 Å². The van der Waals surface area contributed by atoms with Crippen LogP contribution >= 0.6 is 0 Å². The number of rotatable bonds is 2. The number of hydrogen-bond donors (Lipinski definition) is 1. The fourth-order valence-electron chi connectivity index (χ4n) is 2.03. The van der Waals surface area contributed by atoms with Gasteiger partial charge in [-0.05, 0) is 41.5 Å². The van der Waals surface area contributed by atoms with Crippen molar-refractivity contribution < 1.29 is 23.1 Å². The lowest BCUT2D eigenvalue weighted by atomic mass is 10.00. The van der Waals surface area contributed by atoms with Crippen molar-refractivity contribution in [2.24, 2.45) is 0 Å². The molecule has 116 valence electrons. The first-order valence-electron chi connectivity index (χ1n) is 6.42. The van der Waals surface area contributed by atoms with Gasteiger partial charge in [-0.15, -0.1) is 0 Å². The van der Waals surface area contributed by atoms with Gasteiger partial charge in [0.25, 0.3) is 5.91 Å². The van der Waals surface area contributed by atoms with Crippen LogP contribution in [0.25, 0.3) is 11.1 Å². The molecule has 1 N–H and O–H groups in total. The summed E-state index contributed by atoms with van der Waals surface area (Å²) in [5.74, 6) is -0.729. The third-order valence-corrected chi connectivity index (χ3v) is 3.09. The molecule has 0 bridgehead atoms. The zero-order valence-corrected chi connectivity index (χ0v) is 12.0. The standard InChI is InChI=1S/C16H14F3NO2/c1-20(2)15(22)11-5-3-4-10(6-11)12-7-13(16(17,18)19)9-14(21)8-12/h3-9,21H,1-2H3. The predicted octanol–water partition coefficient (Wildman–Crippen LogP) is 3.78. The molecular formula is C16H14F3NO2. The van der Waals surface area contributed by atoms with Crippen LogP contribution in [0.2, 0.25) is 0 Å². The summed E-state index contributed by atoms with van der Waals surface area (Å²) in [5, 5.41) is 9.51. The summed E-state index contributed by atoms with van der Waals surface area (Å²) in [6.45, 7) is 0. The minimum absolute atomic E-state index is 0.195. The highest BCUT2D eigenvalue weighted by Gasteiger charge is 2.31. The second-order valence-electron chi connectivity index (χ2n) is 5.05. The van der Waals surface area contributed by atoms with Crippen molar-refractivity contribution in [2.45, 2.75) is 6.18 Å². The number of halogens is 3. The van der Waals surface area contributed by atoms with Crippen molar-refractivity contribution in [1.82, 2.24) is 4.90 Å². The Morgan fingerprint density at radius 1 is 1.05 bits per heavy atom. The van der Waals surface area contributed by atoms with E-state index in [0.29, 0.717) is 17.2 Å². The van der Waals surface area contributed by atoms with Gasteiger partial charge >= 0.3 is 6.18 Å². The Balaban J connectivity index is 2.51. The molecular weight excluding hydrogens is 295 g/mol. The zero-order chi connectivity index (χ0) is 16.5. The van der Waals surface area contributed by atoms with Gasteiger partial charge in [0.05, 0.1) is 5.56 Å². The number of nitrogens with zero attached hydrogens (tertiary/aromatic N) is 1. The first kappa shape index (κ1) is 15.9. The maximum atomic E-state index is 12.8. The van der Waals surface area contributed by atoms with Crippen LogP contribution in [0, 0.1) is 0 Å². The largest absolute Gasteiger partial charge is 0.508 e. The highest BCUT2D eigenvalue weighted by Crippen LogP contribution is 2.35. The van der Waals surface area contributed by atoms with E-state index in [0.717, 1.165) is 6.07 Å². The Hall–Kier alpha value is -2.50. The molecule has 0 saturated heterocycles. The molecule has 22 heavy (non-hydrogen) atoms. The van der Waals surface area contributed by atoms with Crippen LogP contribution in [0.15, 0.2) is 42.5 Å². The van der Waals surface area contributed by atoms with Crippen molar-refractivity contribution in [3.05, 3.63) is 53.6 Å². The zero-order valence-electron chi connectivity index (χ0n) is 12.0. The number of amides is 1. The van der Waals surface area contributed by atoms with E-state index in [9.17, 15) is 23.1 Å². The summed E-state index contributed by atoms with van der Waals surface area (Å²) in [7, 11) is 3.18. The van der Waals surface area contributed by atoms with Gasteiger partial charge in [-0.2, -0.15) is 13.2 Å². The Bertz CT molecular complexity index is 709. The average molecular weight is 309 g/mol. The van der Waals surface area contributed by atoms with E-state index in [1.54, 1.807) is 32.3 Å². The first-order valence-corrected chi connectivity index (χ1v) is 6.42. The van der Waals surface area contributed by atoms with E-state index in [4.69, 9.17) is 0 Å². The molecule has 0 aliphatic heterocycles. The monoisotopic (exact) mass is 309 g/mol. The Kier molecular flexibility index (Phi) is 4.12. The fourth-order valence-corrected chi connectivity index (χ4v) is 2.03. The van der Waals surface area contributed by atoms with Crippen LogP contribution in [-0.4, -0.2) is 30.0 Å². The summed E-state index contributed by atoms with van der Waals surface area (Å²) in [4.78, 5) is 13.3. The molecule has 0 saturated carbocycles. The predicted molar refractivity (Wildman–Crippen MR) is 76.6 cm³/mol. The van der Waals surface area contributed by atoms with Gasteiger partial charge in [-0.1, -0.05) is 12.1 Å². The number of alkyl halides is 3. The number of phenols is 1. The Labute approximate surface area is 125 Å². The third kappa shape index (κ3) is 3.39. The molecule has 6 heteroatoms. The van der Waals surface area contributed by atoms with E-state index in [2.05, 4.69) is 0 Å². The molecule has 1 amide bonds. The van der Waals surface area contributed by atoms with Crippen LogP contribution in [0.4, 0.5) is 13.2 Å². The molecule has 0 heterocycles. The lowest BCUT2D eigenvalue weighted by Gasteiger charge is -2.13. The molecule has 0 unspecified atom stereocenters. The molecule has 0 aromatic heterocycles. The Morgan fingerprint density at radius 3 is 2.32 bits per heavy atom. The molecule has 0 fully saturated rings. The van der Waals surface area contributed by atoms with Crippen LogP contribution in [-0.2, 0) is 6.18 Å². The molecule has 2 rings (SSSR count). The van der Waals surface area contributed by atoms with Crippen LogP contribution in [0.1, 0.15) is 15.9 Å². The second kappa shape index (κ2) is 5.71. The van der Waals surface area contributed by atoms with Crippen LogP contribution in [0.5, 0.6) is 5.75 Å². The third-order valence-electron chi connectivity index (χ3n) is 3.09. The Morgan fingerprint density at radius 2 is 1.73 bits per heavy atom. The first-order chi connectivity index (χ1) is 10.2. The van der Waals surface area contributed by atoms with Gasteiger partial charge in [0, 0.05) is 19.7 Å². The number of aromatic hydroxyl groups is 1. The lowest BCUT2D eigenvalue weighted by molar-refractivity contribution is -0.137. The molecule has 3 nitrogen and oxygen atoms in total. The van der Waals surface area contributed by atoms with E-state index < -0.39 is 17.5 Å². The molecule has 0 aliphatic carbocycles. The number of carbonyl (C=O) groups is 1. The normalized spacial score (nSPS) is 11.3. The van der Waals surface area contributed by atoms with Crippen molar-refractivity contribution in [1.29, 1.82) is 0 Å². The SMILES string of the molecule is CN(C)C(=O)c1cccc(-c2cc(O)cc(C(F)(F)F)c2)c1. The summed E-state index contributed by atoms with van der Waals surface area (Å²) in [5.41, 5.74) is 0.0427. The molecule has 0 atom stereocenters. The van der Waals surface area contributed by atoms with E-state index in [1.807, 2.05) is 0 Å². The molecule has 2 aromatic carbocycles. The van der Waals surface area contributed by atoms with E-state index in [-0.39, 0.29) is 11.5 Å². The maximum absolute atomic E-state index is 12.8. The molecule has 2 aromatic rings.